The van der Waals surface area contributed by atoms with E-state index in [1.807, 2.05) is 0 Å². The van der Waals surface area contributed by atoms with Gasteiger partial charge >= 0.3 is 0 Å². The van der Waals surface area contributed by atoms with Crippen LogP contribution in [0.1, 0.15) is 24.1 Å². The van der Waals surface area contributed by atoms with Crippen LogP contribution in [0.25, 0.3) is 0 Å². The number of halogens is 1. The lowest BCUT2D eigenvalue weighted by Gasteiger charge is -2.23. The lowest BCUT2D eigenvalue weighted by Crippen LogP contribution is -2.27. The summed E-state index contributed by atoms with van der Waals surface area (Å²) in [4.78, 5) is 0. The minimum absolute atomic E-state index is 0. The summed E-state index contributed by atoms with van der Waals surface area (Å²) in [7, 11) is 0. The average molecular weight is 184 g/mol. The van der Waals surface area contributed by atoms with Crippen LogP contribution in [0.4, 0.5) is 0 Å². The van der Waals surface area contributed by atoms with Crippen LogP contribution in [0.3, 0.4) is 0 Å². The van der Waals surface area contributed by atoms with E-state index in [1.165, 1.54) is 17.5 Å². The molecular weight excluding hydrogens is 170 g/mol. The zero-order valence-corrected chi connectivity index (χ0v) is 8.03. The molecule has 0 unspecified atom stereocenters. The average Bonchev–Trinajstić information content (AvgIpc) is 2.06. The summed E-state index contributed by atoms with van der Waals surface area (Å²) in [6.07, 6.45) is 1.18. The van der Waals surface area contributed by atoms with E-state index in [9.17, 15) is 0 Å². The number of benzene rings is 1. The Bertz CT molecular complexity index is 260. The first kappa shape index (κ1) is 9.56. The fourth-order valence-corrected chi connectivity index (χ4v) is 1.72. The van der Waals surface area contributed by atoms with E-state index < -0.39 is 0 Å². The molecule has 0 aliphatic carbocycles. The third kappa shape index (κ3) is 1.62. The summed E-state index contributed by atoms with van der Waals surface area (Å²) in [6, 6.07) is 9.22. The fraction of sp³-hybridized carbons (Fsp3) is 0.400. The van der Waals surface area contributed by atoms with Gasteiger partial charge in [-0.1, -0.05) is 24.3 Å². The van der Waals surface area contributed by atoms with E-state index >= 15 is 0 Å². The molecule has 1 N–H and O–H groups in total. The maximum atomic E-state index is 3.44. The summed E-state index contributed by atoms with van der Waals surface area (Å²) in [5.41, 5.74) is 2.98. The third-order valence-electron chi connectivity index (χ3n) is 2.37. The monoisotopic (exact) mass is 183 g/mol. The zero-order valence-electron chi connectivity index (χ0n) is 7.21. The first-order chi connectivity index (χ1) is 5.38. The molecule has 1 aliphatic heterocycles. The largest absolute Gasteiger partial charge is 0.310 e. The number of hydrogen-bond acceptors (Lipinski definition) is 1. The van der Waals surface area contributed by atoms with Crippen molar-refractivity contribution in [3.63, 3.8) is 0 Å². The van der Waals surface area contributed by atoms with Crippen molar-refractivity contribution in [2.75, 3.05) is 6.54 Å². The molecule has 1 heterocycles. The molecule has 2 heteroatoms. The van der Waals surface area contributed by atoms with Crippen LogP contribution >= 0.6 is 12.4 Å². The molecule has 0 bridgehead atoms. The van der Waals surface area contributed by atoms with Crippen LogP contribution in [-0.4, -0.2) is 6.54 Å². The Kier molecular flexibility index (Phi) is 3.12. The normalized spacial score (nSPS) is 20.9. The van der Waals surface area contributed by atoms with Gasteiger partial charge in [-0.15, -0.1) is 12.4 Å². The minimum atomic E-state index is 0. The van der Waals surface area contributed by atoms with Crippen molar-refractivity contribution in [3.05, 3.63) is 35.4 Å². The summed E-state index contributed by atoms with van der Waals surface area (Å²) >= 11 is 0. The van der Waals surface area contributed by atoms with Gasteiger partial charge in [0.2, 0.25) is 0 Å². The second kappa shape index (κ2) is 3.92. The lowest BCUT2D eigenvalue weighted by atomic mass is 9.96. The van der Waals surface area contributed by atoms with E-state index in [-0.39, 0.29) is 12.4 Å². The molecule has 0 aromatic heterocycles. The van der Waals surface area contributed by atoms with Gasteiger partial charge in [0.1, 0.15) is 0 Å². The van der Waals surface area contributed by atoms with Gasteiger partial charge in [-0.3, -0.25) is 0 Å². The predicted molar refractivity (Wildman–Crippen MR) is 53.8 cm³/mol. The van der Waals surface area contributed by atoms with Crippen LogP contribution in [0, 0.1) is 0 Å². The van der Waals surface area contributed by atoms with Gasteiger partial charge in [-0.25, -0.2) is 0 Å². The van der Waals surface area contributed by atoms with Gasteiger partial charge in [0, 0.05) is 6.04 Å². The smallest absolute Gasteiger partial charge is 0.0294 e. The molecular formula is C10H14ClN. The number of nitrogens with one attached hydrogen (secondary N) is 1. The molecule has 0 amide bonds. The molecule has 0 fully saturated rings. The number of hydrogen-bond donors (Lipinski definition) is 1. The summed E-state index contributed by atoms with van der Waals surface area (Å²) in [5, 5.41) is 3.44. The second-order valence-electron chi connectivity index (χ2n) is 3.12. The first-order valence-corrected chi connectivity index (χ1v) is 4.19. The van der Waals surface area contributed by atoms with E-state index in [2.05, 4.69) is 36.5 Å². The molecule has 2 rings (SSSR count). The quantitative estimate of drug-likeness (QED) is 0.651. The van der Waals surface area contributed by atoms with Crippen molar-refractivity contribution in [3.8, 4) is 0 Å². The summed E-state index contributed by atoms with van der Waals surface area (Å²) in [6.45, 7) is 3.34. The van der Waals surface area contributed by atoms with E-state index in [0.29, 0.717) is 6.04 Å². The Morgan fingerprint density at radius 2 is 2.08 bits per heavy atom. The highest BCUT2D eigenvalue weighted by Gasteiger charge is 2.13. The lowest BCUT2D eigenvalue weighted by molar-refractivity contribution is 0.541. The molecule has 0 radical (unpaired) electrons. The maximum absolute atomic E-state index is 3.44. The number of fused-ring (bicyclic) bond motifs is 1. The van der Waals surface area contributed by atoms with Crippen molar-refractivity contribution in [1.29, 1.82) is 0 Å². The summed E-state index contributed by atoms with van der Waals surface area (Å²) < 4.78 is 0. The Balaban J connectivity index is 0.000000720. The van der Waals surface area contributed by atoms with E-state index in [4.69, 9.17) is 0 Å². The molecule has 1 atom stereocenters. The van der Waals surface area contributed by atoms with Gasteiger partial charge in [0.05, 0.1) is 0 Å². The zero-order chi connectivity index (χ0) is 7.68. The Morgan fingerprint density at radius 1 is 1.33 bits per heavy atom. The van der Waals surface area contributed by atoms with Gasteiger partial charge in [0.25, 0.3) is 0 Å². The van der Waals surface area contributed by atoms with Gasteiger partial charge in [0.15, 0.2) is 0 Å². The fourth-order valence-electron chi connectivity index (χ4n) is 1.72. The SMILES string of the molecule is C[C@H]1NCCc2ccccc21.Cl. The van der Waals surface area contributed by atoms with Crippen LogP contribution < -0.4 is 5.32 Å². The van der Waals surface area contributed by atoms with E-state index in [0.717, 1.165) is 6.54 Å². The highest BCUT2D eigenvalue weighted by molar-refractivity contribution is 5.85. The van der Waals surface area contributed by atoms with Gasteiger partial charge in [-0.05, 0) is 31.0 Å². The van der Waals surface area contributed by atoms with Crippen LogP contribution in [0.2, 0.25) is 0 Å². The Morgan fingerprint density at radius 3 is 2.83 bits per heavy atom. The molecule has 0 saturated heterocycles. The molecule has 0 spiro atoms. The summed E-state index contributed by atoms with van der Waals surface area (Å²) in [5.74, 6) is 0. The van der Waals surface area contributed by atoms with Crippen molar-refractivity contribution >= 4 is 12.4 Å². The molecule has 1 aromatic carbocycles. The van der Waals surface area contributed by atoms with E-state index in [1.54, 1.807) is 0 Å². The van der Waals surface area contributed by atoms with Crippen LogP contribution in [0.15, 0.2) is 24.3 Å². The van der Waals surface area contributed by atoms with Gasteiger partial charge < -0.3 is 5.32 Å². The molecule has 1 nitrogen and oxygen atoms in total. The number of rotatable bonds is 0. The molecule has 12 heavy (non-hydrogen) atoms. The Hall–Kier alpha value is -0.530. The second-order valence-corrected chi connectivity index (χ2v) is 3.12. The van der Waals surface area contributed by atoms with Gasteiger partial charge in [-0.2, -0.15) is 0 Å². The minimum Gasteiger partial charge on any atom is -0.310 e. The van der Waals surface area contributed by atoms with Crippen molar-refractivity contribution in [2.24, 2.45) is 0 Å². The van der Waals surface area contributed by atoms with Crippen LogP contribution in [0.5, 0.6) is 0 Å². The van der Waals surface area contributed by atoms with Crippen molar-refractivity contribution in [1.82, 2.24) is 5.32 Å². The standard InChI is InChI=1S/C10H13N.ClH/c1-8-10-5-3-2-4-9(10)6-7-11-8;/h2-5,8,11H,6-7H2,1H3;1H/t8-;/m1./s1. The maximum Gasteiger partial charge on any atom is 0.0294 e. The topological polar surface area (TPSA) is 12.0 Å². The third-order valence-corrected chi connectivity index (χ3v) is 2.37. The Labute approximate surface area is 79.6 Å². The van der Waals surface area contributed by atoms with Crippen molar-refractivity contribution in [2.45, 2.75) is 19.4 Å². The van der Waals surface area contributed by atoms with Crippen molar-refractivity contribution < 1.29 is 0 Å². The molecule has 0 saturated carbocycles. The molecule has 1 aliphatic rings. The predicted octanol–water partition coefficient (Wildman–Crippen LogP) is 2.32. The first-order valence-electron chi connectivity index (χ1n) is 4.19. The highest BCUT2D eigenvalue weighted by Crippen LogP contribution is 2.21. The molecule has 66 valence electrons. The molecule has 1 aromatic rings. The highest BCUT2D eigenvalue weighted by atomic mass is 35.5. The van der Waals surface area contributed by atoms with Crippen LogP contribution in [-0.2, 0) is 6.42 Å².